The molecular weight excluding hydrogens is 306 g/mol. The van der Waals surface area contributed by atoms with Crippen molar-refractivity contribution in [2.24, 2.45) is 0 Å². The van der Waals surface area contributed by atoms with Gasteiger partial charge in [-0.05, 0) is 35.4 Å². The van der Waals surface area contributed by atoms with Crippen LogP contribution in [0.2, 0.25) is 0 Å². The molecule has 0 amide bonds. The number of benzene rings is 2. The van der Waals surface area contributed by atoms with E-state index in [4.69, 9.17) is 4.74 Å². The van der Waals surface area contributed by atoms with E-state index in [1.54, 1.807) is 0 Å². The van der Waals surface area contributed by atoms with E-state index in [1.165, 1.54) is 43.5 Å². The minimum absolute atomic E-state index is 0.156. The molecule has 23 heavy (non-hydrogen) atoms. The molecule has 0 radical (unpaired) electrons. The van der Waals surface area contributed by atoms with E-state index in [2.05, 4.69) is 4.74 Å². The largest absolute Gasteiger partial charge is 0.467 e. The Morgan fingerprint density at radius 3 is 1.87 bits per heavy atom. The molecular formula is C17H16F2O4. The van der Waals surface area contributed by atoms with Crippen LogP contribution in [0.25, 0.3) is 0 Å². The van der Waals surface area contributed by atoms with Gasteiger partial charge in [0, 0.05) is 7.11 Å². The van der Waals surface area contributed by atoms with Crippen molar-refractivity contribution >= 4 is 5.97 Å². The van der Waals surface area contributed by atoms with Crippen LogP contribution in [0.5, 0.6) is 0 Å². The molecule has 0 spiro atoms. The van der Waals surface area contributed by atoms with Crippen LogP contribution in [0.15, 0.2) is 48.5 Å². The molecule has 0 saturated carbocycles. The summed E-state index contributed by atoms with van der Waals surface area (Å²) in [4.78, 5) is 11.9. The van der Waals surface area contributed by atoms with Gasteiger partial charge in [-0.15, -0.1) is 0 Å². The molecule has 0 saturated heterocycles. The molecule has 1 unspecified atom stereocenters. The number of carbonyl (C=O) groups is 1. The van der Waals surface area contributed by atoms with Crippen LogP contribution in [-0.2, 0) is 19.9 Å². The van der Waals surface area contributed by atoms with Crippen LogP contribution in [0.3, 0.4) is 0 Å². The van der Waals surface area contributed by atoms with Gasteiger partial charge >= 0.3 is 5.97 Å². The van der Waals surface area contributed by atoms with Gasteiger partial charge in [-0.2, -0.15) is 0 Å². The predicted molar refractivity (Wildman–Crippen MR) is 78.6 cm³/mol. The highest BCUT2D eigenvalue weighted by molar-refractivity contribution is 5.77. The number of carbonyl (C=O) groups excluding carboxylic acids is 1. The average molecular weight is 322 g/mol. The molecule has 0 aliphatic heterocycles. The Balaban J connectivity index is 2.73. The first-order valence-electron chi connectivity index (χ1n) is 6.79. The molecule has 2 aromatic rings. The van der Waals surface area contributed by atoms with E-state index in [0.29, 0.717) is 0 Å². The van der Waals surface area contributed by atoms with Gasteiger partial charge in [0.05, 0.1) is 7.11 Å². The van der Waals surface area contributed by atoms with Crippen molar-refractivity contribution in [2.45, 2.75) is 11.7 Å². The summed E-state index contributed by atoms with van der Waals surface area (Å²) in [6, 6.07) is 10.4. The minimum Gasteiger partial charge on any atom is -0.467 e. The number of esters is 1. The van der Waals surface area contributed by atoms with Gasteiger partial charge in [0.25, 0.3) is 0 Å². The lowest BCUT2D eigenvalue weighted by Crippen LogP contribution is -2.47. The summed E-state index contributed by atoms with van der Waals surface area (Å²) < 4.78 is 37.3. The third kappa shape index (κ3) is 3.09. The molecule has 1 atom stereocenters. The molecule has 0 aliphatic carbocycles. The number of methoxy groups -OCH3 is 2. The van der Waals surface area contributed by atoms with Crippen molar-refractivity contribution in [1.82, 2.24) is 0 Å². The Kier molecular flexibility index (Phi) is 5.08. The molecule has 4 nitrogen and oxygen atoms in total. The first kappa shape index (κ1) is 17.1. The monoisotopic (exact) mass is 322 g/mol. The second-order valence-corrected chi connectivity index (χ2v) is 4.89. The molecule has 0 heterocycles. The lowest BCUT2D eigenvalue weighted by atomic mass is 9.81. The summed E-state index contributed by atoms with van der Waals surface area (Å²) in [5.41, 5.74) is -1.50. The standard InChI is InChI=1S/C17H16F2O4/c1-22-16(21)15(20)17(23-2,11-5-3-7-13(18)9-11)12-6-4-8-14(19)10-12/h3-10,15,20H,1-2H3. The van der Waals surface area contributed by atoms with Gasteiger partial charge in [-0.1, -0.05) is 24.3 Å². The van der Waals surface area contributed by atoms with Gasteiger partial charge < -0.3 is 14.6 Å². The third-order valence-corrected chi connectivity index (χ3v) is 3.64. The van der Waals surface area contributed by atoms with E-state index in [9.17, 15) is 18.7 Å². The fourth-order valence-electron chi connectivity index (χ4n) is 2.55. The van der Waals surface area contributed by atoms with Crippen molar-refractivity contribution in [2.75, 3.05) is 14.2 Å². The number of ether oxygens (including phenoxy) is 2. The molecule has 2 rings (SSSR count). The first-order valence-corrected chi connectivity index (χ1v) is 6.79. The molecule has 0 bridgehead atoms. The van der Waals surface area contributed by atoms with Gasteiger partial charge in [-0.3, -0.25) is 0 Å². The normalized spacial score (nSPS) is 12.7. The van der Waals surface area contributed by atoms with Crippen molar-refractivity contribution in [3.8, 4) is 0 Å². The number of halogens is 2. The third-order valence-electron chi connectivity index (χ3n) is 3.64. The Hall–Kier alpha value is -2.31. The molecule has 1 N–H and O–H groups in total. The lowest BCUT2D eigenvalue weighted by molar-refractivity contribution is -0.167. The van der Waals surface area contributed by atoms with Gasteiger partial charge in [-0.25, -0.2) is 13.6 Å². The lowest BCUT2D eigenvalue weighted by Gasteiger charge is -2.36. The Labute approximate surface area is 132 Å². The number of hydrogen-bond acceptors (Lipinski definition) is 4. The Bertz CT molecular complexity index is 657. The van der Waals surface area contributed by atoms with E-state index in [0.717, 1.165) is 19.2 Å². The molecule has 122 valence electrons. The van der Waals surface area contributed by atoms with E-state index in [-0.39, 0.29) is 11.1 Å². The van der Waals surface area contributed by atoms with E-state index < -0.39 is 29.3 Å². The molecule has 6 heteroatoms. The molecule has 0 aromatic heterocycles. The van der Waals surface area contributed by atoms with Crippen molar-refractivity contribution < 1.29 is 28.2 Å². The Morgan fingerprint density at radius 2 is 1.52 bits per heavy atom. The number of aliphatic hydroxyl groups excluding tert-OH is 1. The van der Waals surface area contributed by atoms with Crippen LogP contribution in [-0.4, -0.2) is 31.4 Å². The van der Waals surface area contributed by atoms with Crippen LogP contribution in [0, 0.1) is 11.6 Å². The van der Waals surface area contributed by atoms with Gasteiger partial charge in [0.15, 0.2) is 11.7 Å². The van der Waals surface area contributed by atoms with Crippen LogP contribution in [0.4, 0.5) is 8.78 Å². The van der Waals surface area contributed by atoms with Crippen LogP contribution in [0.1, 0.15) is 11.1 Å². The fourth-order valence-corrected chi connectivity index (χ4v) is 2.55. The predicted octanol–water partition coefficient (Wildman–Crippen LogP) is 2.39. The SMILES string of the molecule is COC(=O)C(O)C(OC)(c1cccc(F)c1)c1cccc(F)c1. The van der Waals surface area contributed by atoms with Crippen molar-refractivity contribution in [3.05, 3.63) is 71.3 Å². The number of aliphatic hydroxyl groups is 1. The maximum absolute atomic E-state index is 13.6. The topological polar surface area (TPSA) is 55.8 Å². The van der Waals surface area contributed by atoms with Gasteiger partial charge in [0.2, 0.25) is 0 Å². The highest BCUT2D eigenvalue weighted by Gasteiger charge is 2.47. The second kappa shape index (κ2) is 6.85. The second-order valence-electron chi connectivity index (χ2n) is 4.89. The summed E-state index contributed by atoms with van der Waals surface area (Å²) in [6.07, 6.45) is -1.82. The maximum atomic E-state index is 13.6. The maximum Gasteiger partial charge on any atom is 0.338 e. The van der Waals surface area contributed by atoms with E-state index >= 15 is 0 Å². The highest BCUT2D eigenvalue weighted by atomic mass is 19.1. The number of rotatable bonds is 5. The highest BCUT2D eigenvalue weighted by Crippen LogP contribution is 2.37. The molecule has 0 aliphatic rings. The summed E-state index contributed by atoms with van der Waals surface area (Å²) >= 11 is 0. The quantitative estimate of drug-likeness (QED) is 0.859. The molecule has 2 aromatic carbocycles. The fraction of sp³-hybridized carbons (Fsp3) is 0.235. The molecule has 0 fully saturated rings. The van der Waals surface area contributed by atoms with Gasteiger partial charge in [0.1, 0.15) is 11.6 Å². The van der Waals surface area contributed by atoms with Crippen molar-refractivity contribution in [1.29, 1.82) is 0 Å². The summed E-state index contributed by atoms with van der Waals surface area (Å²) in [6.45, 7) is 0. The summed E-state index contributed by atoms with van der Waals surface area (Å²) in [7, 11) is 2.34. The average Bonchev–Trinajstić information content (AvgIpc) is 2.55. The van der Waals surface area contributed by atoms with Crippen molar-refractivity contribution in [3.63, 3.8) is 0 Å². The summed E-state index contributed by atoms with van der Waals surface area (Å²) in [5, 5.41) is 10.5. The number of hydrogen-bond donors (Lipinski definition) is 1. The van der Waals surface area contributed by atoms with Crippen LogP contribution >= 0.6 is 0 Å². The van der Waals surface area contributed by atoms with Crippen LogP contribution < -0.4 is 0 Å². The zero-order chi connectivity index (χ0) is 17.0. The minimum atomic E-state index is -1.82. The zero-order valence-corrected chi connectivity index (χ0v) is 12.6. The van der Waals surface area contributed by atoms with E-state index in [1.807, 2.05) is 0 Å². The first-order chi connectivity index (χ1) is 11.0. The summed E-state index contributed by atoms with van der Waals surface area (Å²) in [5.74, 6) is -2.16. The zero-order valence-electron chi connectivity index (χ0n) is 12.6. The Morgan fingerprint density at radius 1 is 1.04 bits per heavy atom. The smallest absolute Gasteiger partial charge is 0.338 e.